The van der Waals surface area contributed by atoms with Crippen molar-refractivity contribution in [2.45, 2.75) is 12.3 Å². The van der Waals surface area contributed by atoms with Gasteiger partial charge in [-0.2, -0.15) is 18.2 Å². The van der Waals surface area contributed by atoms with E-state index in [-0.39, 0.29) is 28.8 Å². The lowest BCUT2D eigenvalue weighted by atomic mass is 10.0. The van der Waals surface area contributed by atoms with E-state index in [0.29, 0.717) is 5.56 Å². The van der Waals surface area contributed by atoms with Crippen LogP contribution < -0.4 is 16.2 Å². The number of methoxy groups -OCH3 is 1. The number of aromatic nitrogens is 1. The molecule has 0 amide bonds. The highest BCUT2D eigenvalue weighted by Gasteiger charge is 2.36. The first kappa shape index (κ1) is 17.0. The molecule has 0 fully saturated rings. The number of pyridine rings is 1. The van der Waals surface area contributed by atoms with Crippen molar-refractivity contribution in [2.75, 3.05) is 14.2 Å². The summed E-state index contributed by atoms with van der Waals surface area (Å²) in [6.07, 6.45) is -5.13. The fourth-order valence-electron chi connectivity index (χ4n) is 2.66. The number of aliphatic imine (C=N–C) groups is 1. The predicted octanol–water partition coefficient (Wildman–Crippen LogP) is 2.62. The Balaban J connectivity index is 2.22. The van der Waals surface area contributed by atoms with Crippen molar-refractivity contribution in [1.82, 2.24) is 9.88 Å². The average molecular weight is 351 g/mol. The molecule has 0 saturated heterocycles. The largest absolute Gasteiger partial charge is 0.496 e. The van der Waals surface area contributed by atoms with Gasteiger partial charge >= 0.3 is 6.18 Å². The van der Waals surface area contributed by atoms with E-state index in [1.807, 2.05) is 0 Å². The summed E-state index contributed by atoms with van der Waals surface area (Å²) in [5, 5.41) is 0. The topological polar surface area (TPSA) is 89.8 Å². The van der Waals surface area contributed by atoms with E-state index < -0.39 is 17.9 Å². The van der Waals surface area contributed by atoms with E-state index in [9.17, 15) is 13.2 Å². The molecule has 4 N–H and O–H groups in total. The summed E-state index contributed by atoms with van der Waals surface area (Å²) in [5.41, 5.74) is 11.5. The molecule has 1 atom stereocenters. The lowest BCUT2D eigenvalue weighted by Crippen LogP contribution is -2.43. The van der Waals surface area contributed by atoms with Crippen LogP contribution in [0.3, 0.4) is 0 Å². The van der Waals surface area contributed by atoms with Gasteiger partial charge in [-0.15, -0.1) is 0 Å². The molecule has 2 heterocycles. The molecule has 132 valence electrons. The number of hydrogen-bond donors (Lipinski definition) is 2. The van der Waals surface area contributed by atoms with E-state index in [0.717, 1.165) is 6.07 Å². The normalized spacial score (nSPS) is 17.1. The summed E-state index contributed by atoms with van der Waals surface area (Å²) in [6, 6.07) is 6.78. The zero-order chi connectivity index (χ0) is 18.4. The third-order valence-corrected chi connectivity index (χ3v) is 4.03. The van der Waals surface area contributed by atoms with Crippen molar-refractivity contribution in [3.63, 3.8) is 0 Å². The smallest absolute Gasteiger partial charge is 0.417 e. The number of alkyl halides is 3. The monoisotopic (exact) mass is 351 g/mol. The number of nitrogens with zero attached hydrogens (tertiary/aromatic N) is 3. The van der Waals surface area contributed by atoms with Gasteiger partial charge in [0, 0.05) is 12.6 Å². The van der Waals surface area contributed by atoms with Gasteiger partial charge in [0.15, 0.2) is 11.8 Å². The van der Waals surface area contributed by atoms with Gasteiger partial charge in [0.1, 0.15) is 11.9 Å². The standard InChI is InChI=1S/C16H16F3N5O/c1-24-13(20)8-6-7-10(22-14(8)23-15(24)21)12-9(16(17,18)19)4-3-5-11(12)25-2/h3-7,13H,20H2,1-2H3,(H2,21,22,23). The zero-order valence-corrected chi connectivity index (χ0v) is 13.5. The van der Waals surface area contributed by atoms with Gasteiger partial charge in [0.2, 0.25) is 0 Å². The van der Waals surface area contributed by atoms with Gasteiger partial charge in [-0.05, 0) is 24.3 Å². The number of ether oxygens (including phenoxy) is 1. The van der Waals surface area contributed by atoms with E-state index in [1.165, 1.54) is 25.3 Å². The van der Waals surface area contributed by atoms with Gasteiger partial charge in [-0.25, -0.2) is 4.98 Å². The van der Waals surface area contributed by atoms with Crippen molar-refractivity contribution in [2.24, 2.45) is 16.5 Å². The number of halogens is 3. The lowest BCUT2D eigenvalue weighted by Gasteiger charge is -2.30. The van der Waals surface area contributed by atoms with Crippen LogP contribution >= 0.6 is 0 Å². The molecule has 9 heteroatoms. The quantitative estimate of drug-likeness (QED) is 0.868. The molecule has 6 nitrogen and oxygen atoms in total. The molecular formula is C16H16F3N5O. The highest BCUT2D eigenvalue weighted by atomic mass is 19.4. The van der Waals surface area contributed by atoms with Gasteiger partial charge in [-0.1, -0.05) is 6.07 Å². The van der Waals surface area contributed by atoms with Crippen molar-refractivity contribution in [3.05, 3.63) is 41.5 Å². The summed E-state index contributed by atoms with van der Waals surface area (Å²) in [6.45, 7) is 0. The average Bonchev–Trinajstić information content (AvgIpc) is 2.57. The van der Waals surface area contributed by atoms with E-state index in [4.69, 9.17) is 16.2 Å². The maximum atomic E-state index is 13.4. The van der Waals surface area contributed by atoms with E-state index >= 15 is 0 Å². The van der Waals surface area contributed by atoms with Crippen LogP contribution in [0.2, 0.25) is 0 Å². The molecule has 0 saturated carbocycles. The molecule has 0 spiro atoms. The summed E-state index contributed by atoms with van der Waals surface area (Å²) in [4.78, 5) is 9.91. The molecule has 1 aliphatic heterocycles. The minimum atomic E-state index is -4.56. The molecule has 1 unspecified atom stereocenters. The lowest BCUT2D eigenvalue weighted by molar-refractivity contribution is -0.137. The molecule has 2 aromatic rings. The fourth-order valence-corrected chi connectivity index (χ4v) is 2.66. The first-order chi connectivity index (χ1) is 11.7. The second-order valence-electron chi connectivity index (χ2n) is 5.52. The Morgan fingerprint density at radius 3 is 2.56 bits per heavy atom. The SMILES string of the molecule is COc1cccc(C(F)(F)F)c1-c1ccc2c(n1)N=C(N)N(C)C2N. The summed E-state index contributed by atoms with van der Waals surface area (Å²) in [5.74, 6) is 0.400. The van der Waals surface area contributed by atoms with Crippen molar-refractivity contribution < 1.29 is 17.9 Å². The van der Waals surface area contributed by atoms with Crippen molar-refractivity contribution in [3.8, 4) is 17.0 Å². The minimum absolute atomic E-state index is 0.0662. The first-order valence-electron chi connectivity index (χ1n) is 7.32. The van der Waals surface area contributed by atoms with Crippen LogP contribution in [0, 0.1) is 0 Å². The van der Waals surface area contributed by atoms with Crippen LogP contribution in [0.15, 0.2) is 35.3 Å². The summed E-state index contributed by atoms with van der Waals surface area (Å²) < 4.78 is 45.3. The molecule has 0 radical (unpaired) electrons. The Labute approximate surface area is 141 Å². The Kier molecular flexibility index (Phi) is 4.03. The highest BCUT2D eigenvalue weighted by Crippen LogP contribution is 2.42. The second kappa shape index (κ2) is 5.92. The number of fused-ring (bicyclic) bond motifs is 1. The molecule has 1 aromatic heterocycles. The molecule has 3 rings (SSSR count). The van der Waals surface area contributed by atoms with E-state index in [2.05, 4.69) is 9.98 Å². The van der Waals surface area contributed by atoms with Crippen LogP contribution in [-0.4, -0.2) is 30.0 Å². The second-order valence-corrected chi connectivity index (χ2v) is 5.52. The number of hydrogen-bond acceptors (Lipinski definition) is 6. The maximum Gasteiger partial charge on any atom is 0.417 e. The number of guanidine groups is 1. The van der Waals surface area contributed by atoms with Gasteiger partial charge in [0.25, 0.3) is 0 Å². The third kappa shape index (κ3) is 2.86. The fraction of sp³-hybridized carbons (Fsp3) is 0.250. The Hall–Kier alpha value is -2.81. The summed E-state index contributed by atoms with van der Waals surface area (Å²) >= 11 is 0. The minimum Gasteiger partial charge on any atom is -0.496 e. The number of benzene rings is 1. The first-order valence-corrected chi connectivity index (χ1v) is 7.32. The third-order valence-electron chi connectivity index (χ3n) is 4.03. The van der Waals surface area contributed by atoms with Crippen LogP contribution in [0.1, 0.15) is 17.3 Å². The molecular weight excluding hydrogens is 335 g/mol. The highest BCUT2D eigenvalue weighted by molar-refractivity contribution is 5.84. The molecule has 1 aliphatic rings. The van der Waals surface area contributed by atoms with Crippen LogP contribution in [-0.2, 0) is 6.18 Å². The van der Waals surface area contributed by atoms with Crippen LogP contribution in [0.5, 0.6) is 5.75 Å². The Bertz CT molecular complexity index is 850. The molecule has 0 aliphatic carbocycles. The van der Waals surface area contributed by atoms with Crippen molar-refractivity contribution in [1.29, 1.82) is 0 Å². The number of rotatable bonds is 2. The molecule has 1 aromatic carbocycles. The predicted molar refractivity (Wildman–Crippen MR) is 87.2 cm³/mol. The van der Waals surface area contributed by atoms with Crippen LogP contribution in [0.25, 0.3) is 11.3 Å². The maximum absolute atomic E-state index is 13.4. The van der Waals surface area contributed by atoms with E-state index in [1.54, 1.807) is 18.0 Å². The Morgan fingerprint density at radius 2 is 1.92 bits per heavy atom. The molecule has 25 heavy (non-hydrogen) atoms. The Morgan fingerprint density at radius 1 is 1.20 bits per heavy atom. The van der Waals surface area contributed by atoms with Gasteiger partial charge < -0.3 is 21.1 Å². The van der Waals surface area contributed by atoms with Crippen LogP contribution in [0.4, 0.5) is 19.0 Å². The van der Waals surface area contributed by atoms with Gasteiger partial charge in [0.05, 0.1) is 23.9 Å². The zero-order valence-electron chi connectivity index (χ0n) is 13.5. The molecule has 0 bridgehead atoms. The van der Waals surface area contributed by atoms with Gasteiger partial charge in [-0.3, -0.25) is 0 Å². The van der Waals surface area contributed by atoms with Crippen molar-refractivity contribution >= 4 is 11.8 Å². The number of nitrogens with two attached hydrogens (primary N) is 2. The summed E-state index contributed by atoms with van der Waals surface area (Å²) in [7, 11) is 2.97.